The zero-order valence-corrected chi connectivity index (χ0v) is 21.6. The van der Waals surface area contributed by atoms with Crippen molar-refractivity contribution >= 4 is 33.7 Å². The van der Waals surface area contributed by atoms with E-state index in [2.05, 4.69) is 74.3 Å². The molecule has 1 aliphatic carbocycles. The van der Waals surface area contributed by atoms with E-state index in [0.29, 0.717) is 17.0 Å². The van der Waals surface area contributed by atoms with E-state index in [1.165, 1.54) is 0 Å². The standard InChI is InChI=1S/C35H18N6/c1-38-35-30(21-37)39-33-29-19-18-27(31-23(20-36)14-17-28(32(29)31)34(33)40-35)22-12-15-26(16-13-22)41(24-8-4-2-5-9-24)25-10-6-3-7-11-25/h2-19H. The van der Waals surface area contributed by atoms with Crippen molar-refractivity contribution in [3.63, 3.8) is 0 Å². The van der Waals surface area contributed by atoms with E-state index < -0.39 is 0 Å². The Balaban J connectivity index is 1.39. The van der Waals surface area contributed by atoms with Crippen molar-refractivity contribution in [1.82, 2.24) is 9.97 Å². The highest BCUT2D eigenvalue weighted by Gasteiger charge is 2.31. The first-order chi connectivity index (χ1) is 20.2. The van der Waals surface area contributed by atoms with Crippen LogP contribution >= 0.6 is 0 Å². The molecule has 0 atom stereocenters. The predicted molar refractivity (Wildman–Crippen MR) is 160 cm³/mol. The number of fused-ring (bicyclic) bond motifs is 3. The van der Waals surface area contributed by atoms with Crippen LogP contribution in [0.5, 0.6) is 0 Å². The van der Waals surface area contributed by atoms with Crippen molar-refractivity contribution in [2.75, 3.05) is 4.90 Å². The van der Waals surface area contributed by atoms with Gasteiger partial charge in [-0.2, -0.15) is 10.5 Å². The molecular weight excluding hydrogens is 504 g/mol. The summed E-state index contributed by atoms with van der Waals surface area (Å²) in [6, 6.07) is 40.7. The lowest BCUT2D eigenvalue weighted by molar-refractivity contribution is 1.20. The van der Waals surface area contributed by atoms with Gasteiger partial charge in [0.2, 0.25) is 0 Å². The van der Waals surface area contributed by atoms with Crippen LogP contribution in [0.2, 0.25) is 0 Å². The molecule has 0 aliphatic heterocycles. The van der Waals surface area contributed by atoms with Crippen LogP contribution in [0.15, 0.2) is 109 Å². The number of rotatable bonds is 4. The third-order valence-corrected chi connectivity index (χ3v) is 7.35. The first-order valence-electron chi connectivity index (χ1n) is 12.9. The fourth-order valence-corrected chi connectivity index (χ4v) is 5.57. The SMILES string of the molecule is [C-]#[N+]c1nc2c(nc1C#N)-c1ccc(-c3ccc(N(c4ccccc4)c4ccccc4)cc3)c3c(C#N)ccc-2c13. The third kappa shape index (κ3) is 3.70. The molecule has 0 saturated carbocycles. The Hall–Kier alpha value is -6.29. The Bertz CT molecular complexity index is 2030. The van der Waals surface area contributed by atoms with Crippen molar-refractivity contribution < 1.29 is 0 Å². The fraction of sp³-hybridized carbons (Fsp3) is 0. The maximum absolute atomic E-state index is 10.1. The second-order valence-corrected chi connectivity index (χ2v) is 9.55. The van der Waals surface area contributed by atoms with E-state index in [1.54, 1.807) is 6.07 Å². The van der Waals surface area contributed by atoms with Gasteiger partial charge in [0.25, 0.3) is 0 Å². The average molecular weight is 523 g/mol. The largest absolute Gasteiger partial charge is 0.358 e. The number of para-hydroxylation sites is 2. The number of aromatic nitrogens is 2. The Labute approximate surface area is 236 Å². The quantitative estimate of drug-likeness (QED) is 0.216. The van der Waals surface area contributed by atoms with E-state index in [4.69, 9.17) is 6.57 Å². The van der Waals surface area contributed by atoms with Crippen LogP contribution in [0.25, 0.3) is 49.3 Å². The van der Waals surface area contributed by atoms with Gasteiger partial charge in [0, 0.05) is 39.0 Å². The van der Waals surface area contributed by atoms with Crippen LogP contribution in [-0.2, 0) is 0 Å². The van der Waals surface area contributed by atoms with Crippen LogP contribution in [-0.4, -0.2) is 9.97 Å². The van der Waals surface area contributed by atoms with Crippen molar-refractivity contribution in [1.29, 1.82) is 10.5 Å². The molecule has 0 spiro atoms. The number of nitriles is 2. The lowest BCUT2D eigenvalue weighted by Gasteiger charge is -2.25. The minimum atomic E-state index is -0.0197. The zero-order chi connectivity index (χ0) is 27.9. The summed E-state index contributed by atoms with van der Waals surface area (Å²) in [4.78, 5) is 14.6. The highest BCUT2D eigenvalue weighted by molar-refractivity contribution is 6.19. The zero-order valence-electron chi connectivity index (χ0n) is 21.6. The first kappa shape index (κ1) is 23.8. The minimum Gasteiger partial charge on any atom is -0.358 e. The van der Waals surface area contributed by atoms with Gasteiger partial charge in [0.1, 0.15) is 11.8 Å². The van der Waals surface area contributed by atoms with Gasteiger partial charge in [-0.25, -0.2) is 4.98 Å². The minimum absolute atomic E-state index is 0.00117. The van der Waals surface area contributed by atoms with Gasteiger partial charge in [-0.3, -0.25) is 0 Å². The summed E-state index contributed by atoms with van der Waals surface area (Å²) < 4.78 is 0. The molecule has 188 valence electrons. The second kappa shape index (κ2) is 9.47. The maximum atomic E-state index is 10.1. The highest BCUT2D eigenvalue weighted by Crippen LogP contribution is 2.49. The molecule has 0 N–H and O–H groups in total. The van der Waals surface area contributed by atoms with Crippen molar-refractivity contribution in [3.8, 4) is 45.8 Å². The lowest BCUT2D eigenvalue weighted by Crippen LogP contribution is -2.09. The van der Waals surface area contributed by atoms with Crippen molar-refractivity contribution in [2.45, 2.75) is 0 Å². The molecule has 6 aromatic rings. The number of nitrogens with zero attached hydrogens (tertiary/aromatic N) is 6. The molecule has 0 unspecified atom stereocenters. The van der Waals surface area contributed by atoms with Crippen LogP contribution < -0.4 is 4.90 Å². The molecule has 1 aliphatic rings. The monoisotopic (exact) mass is 522 g/mol. The number of hydrogen-bond acceptors (Lipinski definition) is 5. The molecule has 41 heavy (non-hydrogen) atoms. The lowest BCUT2D eigenvalue weighted by atomic mass is 9.91. The molecule has 1 heterocycles. The van der Waals surface area contributed by atoms with E-state index in [-0.39, 0.29) is 11.5 Å². The van der Waals surface area contributed by atoms with Gasteiger partial charge < -0.3 is 9.74 Å². The fourth-order valence-electron chi connectivity index (χ4n) is 5.57. The molecule has 5 aromatic carbocycles. The molecule has 0 saturated heterocycles. The normalized spacial score (nSPS) is 10.9. The summed E-state index contributed by atoms with van der Waals surface area (Å²) in [6.45, 7) is 7.45. The van der Waals surface area contributed by atoms with Gasteiger partial charge in [0.05, 0.1) is 11.6 Å². The van der Waals surface area contributed by atoms with Crippen LogP contribution in [0.3, 0.4) is 0 Å². The Morgan fingerprint density at radius 1 is 0.585 bits per heavy atom. The smallest absolute Gasteiger partial charge is 0.307 e. The van der Waals surface area contributed by atoms with Crippen LogP contribution in [0.4, 0.5) is 22.9 Å². The predicted octanol–water partition coefficient (Wildman–Crippen LogP) is 8.71. The van der Waals surface area contributed by atoms with Crippen molar-refractivity contribution in [2.24, 2.45) is 0 Å². The van der Waals surface area contributed by atoms with Gasteiger partial charge in [-0.15, -0.1) is 4.98 Å². The van der Waals surface area contributed by atoms with Crippen molar-refractivity contribution in [3.05, 3.63) is 132 Å². The molecule has 6 heteroatoms. The molecule has 1 aromatic heterocycles. The summed E-state index contributed by atoms with van der Waals surface area (Å²) >= 11 is 0. The highest BCUT2D eigenvalue weighted by atomic mass is 15.1. The number of hydrogen-bond donors (Lipinski definition) is 0. The molecule has 0 bridgehead atoms. The van der Waals surface area contributed by atoms with Crippen LogP contribution in [0, 0.1) is 29.2 Å². The molecule has 6 nitrogen and oxygen atoms in total. The average Bonchev–Trinajstić information content (AvgIpc) is 3.35. The summed E-state index contributed by atoms with van der Waals surface area (Å²) in [5, 5.41) is 21.3. The third-order valence-electron chi connectivity index (χ3n) is 7.35. The summed E-state index contributed by atoms with van der Waals surface area (Å²) in [6.07, 6.45) is 0. The van der Waals surface area contributed by atoms with Gasteiger partial charge in [-0.1, -0.05) is 67.2 Å². The summed E-state index contributed by atoms with van der Waals surface area (Å²) in [5.41, 5.74) is 8.28. The Morgan fingerprint density at radius 2 is 1.15 bits per heavy atom. The van der Waals surface area contributed by atoms with Gasteiger partial charge >= 0.3 is 5.82 Å². The Kier molecular flexibility index (Phi) is 5.50. The molecule has 0 fully saturated rings. The first-order valence-corrected chi connectivity index (χ1v) is 12.9. The van der Waals surface area contributed by atoms with Gasteiger partial charge in [0.15, 0.2) is 11.4 Å². The van der Waals surface area contributed by atoms with Crippen LogP contribution in [0.1, 0.15) is 11.3 Å². The maximum Gasteiger partial charge on any atom is 0.307 e. The summed E-state index contributed by atoms with van der Waals surface area (Å²) in [7, 11) is 0. The Morgan fingerprint density at radius 3 is 1.73 bits per heavy atom. The topological polar surface area (TPSA) is 81.0 Å². The van der Waals surface area contributed by atoms with E-state index in [9.17, 15) is 10.5 Å². The molecule has 0 radical (unpaired) electrons. The summed E-state index contributed by atoms with van der Waals surface area (Å²) in [5.74, 6) is -0.0197. The molecule has 7 rings (SSSR count). The molecule has 0 amide bonds. The molecular formula is C35H18N6. The number of benzene rings is 5. The number of anilines is 3. The van der Waals surface area contributed by atoms with Gasteiger partial charge in [-0.05, 0) is 59.7 Å². The van der Waals surface area contributed by atoms with E-state index >= 15 is 0 Å². The van der Waals surface area contributed by atoms with E-state index in [0.717, 1.165) is 50.1 Å². The van der Waals surface area contributed by atoms with E-state index in [1.807, 2.05) is 60.7 Å². The second-order valence-electron chi connectivity index (χ2n) is 9.55.